The van der Waals surface area contributed by atoms with E-state index in [1.807, 2.05) is 0 Å². The Labute approximate surface area is 175 Å². The van der Waals surface area contributed by atoms with Gasteiger partial charge >= 0.3 is 11.9 Å². The number of esters is 2. The third-order valence-corrected chi connectivity index (χ3v) is 5.07. The smallest absolute Gasteiger partial charge is 0.339 e. The molecule has 3 aromatic rings. The molecule has 0 aliphatic carbocycles. The van der Waals surface area contributed by atoms with E-state index in [0.717, 1.165) is 0 Å². The van der Waals surface area contributed by atoms with Gasteiger partial charge in [-0.3, -0.25) is 4.98 Å². The van der Waals surface area contributed by atoms with E-state index in [1.54, 1.807) is 36.5 Å². The lowest BCUT2D eigenvalue weighted by molar-refractivity contribution is 0.0556. The molecule has 1 heterocycles. The number of carbonyl (C=O) groups excluding carboxylic acids is 2. The summed E-state index contributed by atoms with van der Waals surface area (Å²) >= 11 is 3.48. The molecule has 2 aromatic carbocycles. The summed E-state index contributed by atoms with van der Waals surface area (Å²) in [5.74, 6) is -0.410. The number of hydrogen-bond donors (Lipinski definition) is 0. The minimum Gasteiger partial charge on any atom is -0.493 e. The van der Waals surface area contributed by atoms with Crippen molar-refractivity contribution in [1.29, 1.82) is 0 Å². The second kappa shape index (κ2) is 8.48. The molecular formula is C21H18BrNO6. The number of ether oxygens (including phenoxy) is 4. The minimum absolute atomic E-state index is 0.0541. The minimum atomic E-state index is -0.686. The summed E-state index contributed by atoms with van der Waals surface area (Å²) in [5, 5.41) is 1.28. The maximum absolute atomic E-state index is 12.8. The van der Waals surface area contributed by atoms with Crippen LogP contribution in [0.25, 0.3) is 22.0 Å². The number of carbonyl (C=O) groups is 2. The molecule has 0 radical (unpaired) electrons. The number of benzene rings is 2. The van der Waals surface area contributed by atoms with Crippen LogP contribution in [0.1, 0.15) is 20.7 Å². The van der Waals surface area contributed by atoms with Crippen LogP contribution in [-0.2, 0) is 9.47 Å². The Balaban J connectivity index is 2.58. The quantitative estimate of drug-likeness (QED) is 0.527. The fourth-order valence-corrected chi connectivity index (χ4v) is 3.58. The lowest BCUT2D eigenvalue weighted by Crippen LogP contribution is -2.14. The van der Waals surface area contributed by atoms with Gasteiger partial charge in [-0.05, 0) is 57.0 Å². The monoisotopic (exact) mass is 459 g/mol. The molecule has 7 nitrogen and oxygen atoms in total. The summed E-state index contributed by atoms with van der Waals surface area (Å²) in [6, 6.07) is 8.57. The average Bonchev–Trinajstić information content (AvgIpc) is 2.76. The first-order valence-electron chi connectivity index (χ1n) is 8.47. The number of fused-ring (bicyclic) bond motifs is 1. The van der Waals surface area contributed by atoms with Gasteiger partial charge < -0.3 is 18.9 Å². The molecule has 0 saturated heterocycles. The number of halogens is 1. The summed E-state index contributed by atoms with van der Waals surface area (Å²) in [7, 11) is 5.53. The molecular weight excluding hydrogens is 442 g/mol. The van der Waals surface area contributed by atoms with Gasteiger partial charge in [0.1, 0.15) is 0 Å². The average molecular weight is 460 g/mol. The Morgan fingerprint density at radius 3 is 2.17 bits per heavy atom. The molecule has 0 spiro atoms. The fraction of sp³-hybridized carbons (Fsp3) is 0.190. The van der Waals surface area contributed by atoms with E-state index in [4.69, 9.17) is 18.9 Å². The SMILES string of the molecule is COC(=O)c1cc2cc(OC)c(OC)cc2c(-c2ncccc2Br)c1C(=O)OC. The fourth-order valence-electron chi connectivity index (χ4n) is 3.13. The van der Waals surface area contributed by atoms with Gasteiger partial charge in [0.2, 0.25) is 0 Å². The van der Waals surface area contributed by atoms with Crippen molar-refractivity contribution >= 4 is 38.6 Å². The van der Waals surface area contributed by atoms with Crippen molar-refractivity contribution in [2.24, 2.45) is 0 Å². The number of hydrogen-bond acceptors (Lipinski definition) is 7. The molecule has 0 bridgehead atoms. The summed E-state index contributed by atoms with van der Waals surface area (Å²) in [6.45, 7) is 0. The summed E-state index contributed by atoms with van der Waals surface area (Å²) in [5.41, 5.74) is 1.00. The van der Waals surface area contributed by atoms with Crippen LogP contribution in [-0.4, -0.2) is 45.4 Å². The molecule has 0 fully saturated rings. The largest absolute Gasteiger partial charge is 0.493 e. The van der Waals surface area contributed by atoms with E-state index in [2.05, 4.69) is 20.9 Å². The first-order chi connectivity index (χ1) is 14.0. The standard InChI is InChI=1S/C21H18BrNO6/c1-26-15-9-11-8-13(20(24)28-3)18(21(25)29-4)17(12(11)10-16(15)27-2)19-14(22)6-5-7-23-19/h5-10H,1-4H3. The van der Waals surface area contributed by atoms with E-state index in [0.29, 0.717) is 38.0 Å². The van der Waals surface area contributed by atoms with Crippen LogP contribution >= 0.6 is 15.9 Å². The van der Waals surface area contributed by atoms with E-state index < -0.39 is 11.9 Å². The van der Waals surface area contributed by atoms with Gasteiger partial charge in [-0.1, -0.05) is 0 Å². The highest BCUT2D eigenvalue weighted by Crippen LogP contribution is 2.42. The highest BCUT2D eigenvalue weighted by molar-refractivity contribution is 9.10. The molecule has 0 atom stereocenters. The zero-order chi connectivity index (χ0) is 21.1. The molecule has 0 aliphatic rings. The predicted molar refractivity (Wildman–Crippen MR) is 111 cm³/mol. The van der Waals surface area contributed by atoms with Crippen molar-refractivity contribution in [2.45, 2.75) is 0 Å². The number of rotatable bonds is 5. The molecule has 0 N–H and O–H groups in total. The molecule has 29 heavy (non-hydrogen) atoms. The van der Waals surface area contributed by atoms with Crippen molar-refractivity contribution in [1.82, 2.24) is 4.98 Å². The summed E-state index contributed by atoms with van der Waals surface area (Å²) in [6.07, 6.45) is 1.60. The highest BCUT2D eigenvalue weighted by Gasteiger charge is 2.28. The van der Waals surface area contributed by atoms with Gasteiger partial charge in [0.15, 0.2) is 11.5 Å². The van der Waals surface area contributed by atoms with Crippen LogP contribution in [0.3, 0.4) is 0 Å². The van der Waals surface area contributed by atoms with E-state index in [9.17, 15) is 9.59 Å². The molecule has 8 heteroatoms. The second-order valence-corrected chi connectivity index (χ2v) is 6.77. The summed E-state index contributed by atoms with van der Waals surface area (Å²) < 4.78 is 21.3. The Morgan fingerprint density at radius 2 is 1.59 bits per heavy atom. The number of nitrogens with zero attached hydrogens (tertiary/aromatic N) is 1. The third-order valence-electron chi connectivity index (χ3n) is 4.43. The van der Waals surface area contributed by atoms with Gasteiger partial charge in [-0.15, -0.1) is 0 Å². The molecule has 0 aliphatic heterocycles. The third kappa shape index (κ3) is 3.63. The van der Waals surface area contributed by atoms with Crippen LogP contribution in [0.15, 0.2) is 41.0 Å². The van der Waals surface area contributed by atoms with Crippen LogP contribution in [0.2, 0.25) is 0 Å². The van der Waals surface area contributed by atoms with Crippen LogP contribution in [0.5, 0.6) is 11.5 Å². The normalized spacial score (nSPS) is 10.5. The Morgan fingerprint density at radius 1 is 0.931 bits per heavy atom. The Hall–Kier alpha value is -3.13. The topological polar surface area (TPSA) is 84.0 Å². The molecule has 150 valence electrons. The van der Waals surface area contributed by atoms with Gasteiger partial charge in [0, 0.05) is 16.2 Å². The van der Waals surface area contributed by atoms with Crippen LogP contribution < -0.4 is 9.47 Å². The molecule has 3 rings (SSSR count). The predicted octanol–water partition coefficient (Wildman–Crippen LogP) is 4.25. The van der Waals surface area contributed by atoms with Gasteiger partial charge in [0.25, 0.3) is 0 Å². The van der Waals surface area contributed by atoms with E-state index in [1.165, 1.54) is 28.4 Å². The lowest BCUT2D eigenvalue weighted by Gasteiger charge is -2.18. The lowest BCUT2D eigenvalue weighted by atomic mass is 9.91. The highest BCUT2D eigenvalue weighted by atomic mass is 79.9. The van der Waals surface area contributed by atoms with Crippen molar-refractivity contribution in [3.8, 4) is 22.8 Å². The molecule has 1 aromatic heterocycles. The van der Waals surface area contributed by atoms with E-state index >= 15 is 0 Å². The summed E-state index contributed by atoms with van der Waals surface area (Å²) in [4.78, 5) is 29.7. The maximum Gasteiger partial charge on any atom is 0.339 e. The van der Waals surface area contributed by atoms with Crippen LogP contribution in [0.4, 0.5) is 0 Å². The number of aromatic nitrogens is 1. The van der Waals surface area contributed by atoms with Crippen molar-refractivity contribution in [3.05, 3.63) is 52.1 Å². The Bertz CT molecular complexity index is 1110. The van der Waals surface area contributed by atoms with Gasteiger partial charge in [-0.25, -0.2) is 9.59 Å². The molecule has 0 amide bonds. The zero-order valence-electron chi connectivity index (χ0n) is 16.2. The maximum atomic E-state index is 12.8. The van der Waals surface area contributed by atoms with Gasteiger partial charge in [0.05, 0.1) is 45.3 Å². The number of methoxy groups -OCH3 is 4. The van der Waals surface area contributed by atoms with Crippen LogP contribution in [0, 0.1) is 0 Å². The van der Waals surface area contributed by atoms with Crippen molar-refractivity contribution in [3.63, 3.8) is 0 Å². The zero-order valence-corrected chi connectivity index (χ0v) is 17.8. The second-order valence-electron chi connectivity index (χ2n) is 5.92. The van der Waals surface area contributed by atoms with E-state index in [-0.39, 0.29) is 11.1 Å². The molecule has 0 unspecified atom stereocenters. The van der Waals surface area contributed by atoms with Crippen molar-refractivity contribution < 1.29 is 28.5 Å². The number of pyridine rings is 1. The molecule has 0 saturated carbocycles. The first-order valence-corrected chi connectivity index (χ1v) is 9.26. The van der Waals surface area contributed by atoms with Crippen molar-refractivity contribution in [2.75, 3.05) is 28.4 Å². The first kappa shape index (κ1) is 20.6. The van der Waals surface area contributed by atoms with Gasteiger partial charge in [-0.2, -0.15) is 0 Å². The Kier molecular flexibility index (Phi) is 6.03.